The second kappa shape index (κ2) is 5.63. The lowest BCUT2D eigenvalue weighted by molar-refractivity contribution is 0.0971. The smallest absolute Gasteiger partial charge is 0.203 e. The average Bonchev–Trinajstić information content (AvgIpc) is 2.75. The predicted molar refractivity (Wildman–Crippen MR) is 87.6 cm³/mol. The Labute approximate surface area is 137 Å². The standard InChI is InChI=1S/C16H13Cl2N3O/c1-20-13-4-2-3-5-14(13)21(16(20)19)9-15(22)11-8-10(17)6-7-12(11)18/h2-8,19H,9H2,1H3. The van der Waals surface area contributed by atoms with Gasteiger partial charge in [0.05, 0.1) is 22.6 Å². The van der Waals surface area contributed by atoms with Crippen LogP contribution in [-0.2, 0) is 13.6 Å². The van der Waals surface area contributed by atoms with Crippen molar-refractivity contribution < 1.29 is 4.79 Å². The number of fused-ring (bicyclic) bond motifs is 1. The van der Waals surface area contributed by atoms with E-state index in [1.54, 1.807) is 34.4 Å². The SMILES string of the molecule is Cn1c(=N)n(CC(=O)c2cc(Cl)ccc2Cl)c2ccccc21. The summed E-state index contributed by atoms with van der Waals surface area (Å²) in [4.78, 5) is 12.5. The van der Waals surface area contributed by atoms with Gasteiger partial charge in [0.1, 0.15) is 0 Å². The summed E-state index contributed by atoms with van der Waals surface area (Å²) in [5.41, 5.74) is 2.36. The second-order valence-electron chi connectivity index (χ2n) is 5.00. The Hall–Kier alpha value is -2.04. The summed E-state index contributed by atoms with van der Waals surface area (Å²) in [7, 11) is 1.80. The van der Waals surface area contributed by atoms with Crippen molar-refractivity contribution in [1.82, 2.24) is 9.13 Å². The van der Waals surface area contributed by atoms with Crippen LogP contribution in [-0.4, -0.2) is 14.9 Å². The Bertz CT molecular complexity index is 940. The zero-order valence-electron chi connectivity index (χ0n) is 11.8. The van der Waals surface area contributed by atoms with Gasteiger partial charge in [-0.1, -0.05) is 35.3 Å². The number of nitrogens with one attached hydrogen (secondary N) is 1. The minimum atomic E-state index is -0.178. The number of imidazole rings is 1. The number of halogens is 2. The highest BCUT2D eigenvalue weighted by Gasteiger charge is 2.15. The number of benzene rings is 2. The Kier molecular flexibility index (Phi) is 3.81. The fourth-order valence-electron chi connectivity index (χ4n) is 2.49. The molecule has 3 rings (SSSR count). The van der Waals surface area contributed by atoms with E-state index in [4.69, 9.17) is 28.6 Å². The van der Waals surface area contributed by atoms with Crippen molar-refractivity contribution in [3.05, 3.63) is 63.7 Å². The van der Waals surface area contributed by atoms with Crippen LogP contribution in [0.4, 0.5) is 0 Å². The van der Waals surface area contributed by atoms with Crippen LogP contribution in [0.2, 0.25) is 10.0 Å². The Balaban J connectivity index is 2.07. The van der Waals surface area contributed by atoms with Crippen molar-refractivity contribution >= 4 is 40.0 Å². The summed E-state index contributed by atoms with van der Waals surface area (Å²) in [5.74, 6) is -0.178. The van der Waals surface area contributed by atoms with Crippen molar-refractivity contribution in [3.8, 4) is 0 Å². The van der Waals surface area contributed by atoms with Crippen molar-refractivity contribution in [1.29, 1.82) is 5.41 Å². The minimum absolute atomic E-state index is 0.0419. The highest BCUT2D eigenvalue weighted by molar-refractivity contribution is 6.35. The minimum Gasteiger partial charge on any atom is -0.313 e. The first-order valence-corrected chi connectivity index (χ1v) is 7.41. The molecule has 112 valence electrons. The molecule has 0 aliphatic carbocycles. The van der Waals surface area contributed by atoms with Crippen molar-refractivity contribution in [2.45, 2.75) is 6.54 Å². The molecule has 0 saturated heterocycles. The monoisotopic (exact) mass is 333 g/mol. The Morgan fingerprint density at radius 1 is 1.14 bits per heavy atom. The van der Waals surface area contributed by atoms with Gasteiger partial charge in [-0.3, -0.25) is 10.2 Å². The molecule has 1 aromatic heterocycles. The zero-order valence-corrected chi connectivity index (χ0v) is 13.3. The molecule has 0 radical (unpaired) electrons. The van der Waals surface area contributed by atoms with Gasteiger partial charge >= 0.3 is 0 Å². The molecule has 1 heterocycles. The summed E-state index contributed by atoms with van der Waals surface area (Å²) in [6.07, 6.45) is 0. The Morgan fingerprint density at radius 3 is 2.55 bits per heavy atom. The van der Waals surface area contributed by atoms with E-state index in [2.05, 4.69) is 0 Å². The van der Waals surface area contributed by atoms with Crippen molar-refractivity contribution in [2.75, 3.05) is 0 Å². The third-order valence-electron chi connectivity index (χ3n) is 3.64. The van der Waals surface area contributed by atoms with Gasteiger partial charge in [0.15, 0.2) is 5.78 Å². The normalized spacial score (nSPS) is 11.0. The van der Waals surface area contributed by atoms with Gasteiger partial charge in [0, 0.05) is 17.6 Å². The molecule has 0 bridgehead atoms. The molecule has 6 heteroatoms. The molecule has 1 N–H and O–H groups in total. The van der Waals surface area contributed by atoms with Crippen LogP contribution < -0.4 is 5.62 Å². The topological polar surface area (TPSA) is 50.8 Å². The summed E-state index contributed by atoms with van der Waals surface area (Å²) in [6.45, 7) is 0.0419. The summed E-state index contributed by atoms with van der Waals surface area (Å²) in [6, 6.07) is 12.4. The third kappa shape index (κ3) is 2.45. The van der Waals surface area contributed by atoms with Gasteiger partial charge in [-0.05, 0) is 30.3 Å². The lowest BCUT2D eigenvalue weighted by atomic mass is 10.1. The lowest BCUT2D eigenvalue weighted by Gasteiger charge is -2.06. The predicted octanol–water partition coefficient (Wildman–Crippen LogP) is 3.65. The first-order valence-electron chi connectivity index (χ1n) is 6.66. The van der Waals surface area contributed by atoms with Crippen molar-refractivity contribution in [2.24, 2.45) is 7.05 Å². The molecule has 0 amide bonds. The van der Waals surface area contributed by atoms with E-state index in [9.17, 15) is 4.79 Å². The molecule has 2 aromatic carbocycles. The molecule has 4 nitrogen and oxygen atoms in total. The fraction of sp³-hybridized carbons (Fsp3) is 0.125. The van der Waals surface area contributed by atoms with E-state index in [0.717, 1.165) is 11.0 Å². The van der Waals surface area contributed by atoms with Crippen LogP contribution >= 0.6 is 23.2 Å². The third-order valence-corrected chi connectivity index (χ3v) is 4.20. The van der Waals surface area contributed by atoms with Crippen LogP contribution in [0.25, 0.3) is 11.0 Å². The van der Waals surface area contributed by atoms with Gasteiger partial charge in [-0.2, -0.15) is 0 Å². The first-order chi connectivity index (χ1) is 10.5. The van der Waals surface area contributed by atoms with E-state index in [1.807, 2.05) is 24.3 Å². The van der Waals surface area contributed by atoms with E-state index < -0.39 is 0 Å². The quantitative estimate of drug-likeness (QED) is 0.731. The number of aromatic nitrogens is 2. The summed E-state index contributed by atoms with van der Waals surface area (Å²) >= 11 is 12.0. The molecule has 0 atom stereocenters. The molecular weight excluding hydrogens is 321 g/mol. The van der Waals surface area contributed by atoms with Gasteiger partial charge < -0.3 is 9.13 Å². The second-order valence-corrected chi connectivity index (χ2v) is 5.85. The molecule has 0 saturated carbocycles. The first kappa shape index (κ1) is 14.9. The number of rotatable bonds is 3. The molecule has 0 spiro atoms. The number of carbonyl (C=O) groups is 1. The number of aryl methyl sites for hydroxylation is 1. The number of Topliss-reactive ketones (excluding diaryl/α,β-unsaturated/α-hetero) is 1. The summed E-state index contributed by atoms with van der Waals surface area (Å²) in [5, 5.41) is 9.01. The van der Waals surface area contributed by atoms with E-state index >= 15 is 0 Å². The maximum Gasteiger partial charge on any atom is 0.203 e. The van der Waals surface area contributed by atoms with Crippen LogP contribution in [0, 0.1) is 5.41 Å². The van der Waals surface area contributed by atoms with Gasteiger partial charge in [-0.25, -0.2) is 0 Å². The molecule has 22 heavy (non-hydrogen) atoms. The van der Waals surface area contributed by atoms with Crippen LogP contribution in [0.5, 0.6) is 0 Å². The highest BCUT2D eigenvalue weighted by Crippen LogP contribution is 2.22. The molecule has 0 unspecified atom stereocenters. The number of para-hydroxylation sites is 2. The van der Waals surface area contributed by atoms with Gasteiger partial charge in [-0.15, -0.1) is 0 Å². The van der Waals surface area contributed by atoms with Crippen molar-refractivity contribution in [3.63, 3.8) is 0 Å². The van der Waals surface area contributed by atoms with E-state index in [1.165, 1.54) is 0 Å². The number of carbonyl (C=O) groups excluding carboxylic acids is 1. The maximum absolute atomic E-state index is 12.5. The molecule has 0 aliphatic rings. The molecular formula is C16H13Cl2N3O. The zero-order chi connectivity index (χ0) is 15.9. The van der Waals surface area contributed by atoms with Crippen LogP contribution in [0.1, 0.15) is 10.4 Å². The van der Waals surface area contributed by atoms with E-state index in [0.29, 0.717) is 15.6 Å². The largest absolute Gasteiger partial charge is 0.313 e. The van der Waals surface area contributed by atoms with E-state index in [-0.39, 0.29) is 17.9 Å². The van der Waals surface area contributed by atoms with Crippen LogP contribution in [0.15, 0.2) is 42.5 Å². The summed E-state index contributed by atoms with van der Waals surface area (Å²) < 4.78 is 3.40. The number of nitrogens with zero attached hydrogens (tertiary/aromatic N) is 2. The molecule has 0 aliphatic heterocycles. The lowest BCUT2D eigenvalue weighted by Crippen LogP contribution is -2.26. The van der Waals surface area contributed by atoms with Gasteiger partial charge in [0.25, 0.3) is 0 Å². The van der Waals surface area contributed by atoms with Crippen LogP contribution in [0.3, 0.4) is 0 Å². The number of ketones is 1. The highest BCUT2D eigenvalue weighted by atomic mass is 35.5. The average molecular weight is 334 g/mol. The van der Waals surface area contributed by atoms with Gasteiger partial charge in [0.2, 0.25) is 5.62 Å². The number of hydrogen-bond acceptors (Lipinski definition) is 2. The fourth-order valence-corrected chi connectivity index (χ4v) is 2.88. The molecule has 3 aromatic rings. The maximum atomic E-state index is 12.5. The molecule has 0 fully saturated rings. The number of hydrogen-bond donors (Lipinski definition) is 1. The Morgan fingerprint density at radius 2 is 1.82 bits per heavy atom.